The van der Waals surface area contributed by atoms with Crippen LogP contribution in [0.5, 0.6) is 0 Å². The van der Waals surface area contributed by atoms with Crippen molar-refractivity contribution >= 4 is 27.7 Å². The zero-order chi connectivity index (χ0) is 17.5. The van der Waals surface area contributed by atoms with Gasteiger partial charge in [-0.2, -0.15) is 0 Å². The van der Waals surface area contributed by atoms with Crippen LogP contribution < -0.4 is 0 Å². The molecule has 4 aromatic carbocycles. The number of ether oxygens (including phenoxy) is 2. The molecule has 26 heavy (non-hydrogen) atoms. The van der Waals surface area contributed by atoms with Gasteiger partial charge in [-0.25, -0.2) is 4.79 Å². The first kappa shape index (κ1) is 15.0. The Morgan fingerprint density at radius 2 is 0.962 bits per heavy atom. The van der Waals surface area contributed by atoms with E-state index in [0.717, 1.165) is 32.7 Å². The van der Waals surface area contributed by atoms with Crippen LogP contribution in [0.3, 0.4) is 0 Å². The summed E-state index contributed by atoms with van der Waals surface area (Å²) in [5.41, 5.74) is 1.93. The van der Waals surface area contributed by atoms with Crippen LogP contribution in [0, 0.1) is 0 Å². The second-order valence-corrected chi connectivity index (χ2v) is 6.46. The molecule has 0 spiro atoms. The molecule has 3 heteroatoms. The highest BCUT2D eigenvalue weighted by Crippen LogP contribution is 2.44. The molecule has 1 aliphatic heterocycles. The summed E-state index contributed by atoms with van der Waals surface area (Å²) >= 11 is 0. The van der Waals surface area contributed by atoms with Gasteiger partial charge in [0.15, 0.2) is 12.2 Å². The predicted octanol–water partition coefficient (Wildman–Crippen LogP) is 5.94. The van der Waals surface area contributed by atoms with E-state index >= 15 is 0 Å². The Kier molecular flexibility index (Phi) is 3.39. The summed E-state index contributed by atoms with van der Waals surface area (Å²) in [5.74, 6) is 0. The lowest BCUT2D eigenvalue weighted by atomic mass is 9.91. The SMILES string of the molecule is O=C1OC(c2cccc3ccccc23)C(c2cccc3ccccc23)O1. The van der Waals surface area contributed by atoms with Gasteiger partial charge in [0.1, 0.15) is 0 Å². The Morgan fingerprint density at radius 1 is 0.538 bits per heavy atom. The number of cyclic esters (lactones) is 2. The number of rotatable bonds is 2. The molecule has 0 saturated carbocycles. The second-order valence-electron chi connectivity index (χ2n) is 6.46. The van der Waals surface area contributed by atoms with Crippen molar-refractivity contribution in [2.75, 3.05) is 0 Å². The molecule has 2 unspecified atom stereocenters. The summed E-state index contributed by atoms with van der Waals surface area (Å²) in [7, 11) is 0. The summed E-state index contributed by atoms with van der Waals surface area (Å²) in [5, 5.41) is 4.38. The first-order valence-electron chi connectivity index (χ1n) is 8.64. The Morgan fingerprint density at radius 3 is 1.46 bits per heavy atom. The van der Waals surface area contributed by atoms with E-state index in [1.807, 2.05) is 48.5 Å². The van der Waals surface area contributed by atoms with E-state index in [4.69, 9.17) is 9.47 Å². The number of carbonyl (C=O) groups excluding carboxylic acids is 1. The molecular formula is C23H16O3. The quantitative estimate of drug-likeness (QED) is 0.423. The van der Waals surface area contributed by atoms with Crippen molar-refractivity contribution in [1.82, 2.24) is 0 Å². The Balaban J connectivity index is 1.70. The van der Waals surface area contributed by atoms with E-state index in [9.17, 15) is 4.79 Å². The third-order valence-corrected chi connectivity index (χ3v) is 4.98. The fraction of sp³-hybridized carbons (Fsp3) is 0.0870. The largest absolute Gasteiger partial charge is 0.509 e. The minimum atomic E-state index is -0.624. The van der Waals surface area contributed by atoms with E-state index < -0.39 is 18.4 Å². The molecule has 0 N–H and O–H groups in total. The van der Waals surface area contributed by atoms with Crippen LogP contribution >= 0.6 is 0 Å². The third kappa shape index (κ3) is 2.32. The number of hydrogen-bond acceptors (Lipinski definition) is 3. The van der Waals surface area contributed by atoms with Crippen LogP contribution in [0.2, 0.25) is 0 Å². The number of benzene rings is 4. The van der Waals surface area contributed by atoms with Gasteiger partial charge in [-0.05, 0) is 21.5 Å². The first-order chi connectivity index (χ1) is 12.8. The van der Waals surface area contributed by atoms with Crippen LogP contribution in [0.25, 0.3) is 21.5 Å². The van der Waals surface area contributed by atoms with Gasteiger partial charge >= 0.3 is 6.16 Å². The van der Waals surface area contributed by atoms with Gasteiger partial charge in [-0.15, -0.1) is 0 Å². The molecule has 126 valence electrons. The lowest BCUT2D eigenvalue weighted by Gasteiger charge is -2.19. The van der Waals surface area contributed by atoms with Gasteiger partial charge in [0.2, 0.25) is 0 Å². The molecule has 1 aliphatic rings. The lowest BCUT2D eigenvalue weighted by Crippen LogP contribution is -2.08. The second kappa shape index (κ2) is 5.88. The zero-order valence-electron chi connectivity index (χ0n) is 14.0. The third-order valence-electron chi connectivity index (χ3n) is 4.98. The fourth-order valence-corrected chi connectivity index (χ4v) is 3.81. The van der Waals surface area contributed by atoms with Crippen molar-refractivity contribution in [3.05, 3.63) is 96.1 Å². The lowest BCUT2D eigenvalue weighted by molar-refractivity contribution is 0.116. The maximum absolute atomic E-state index is 12.0. The maximum atomic E-state index is 12.0. The zero-order valence-corrected chi connectivity index (χ0v) is 14.0. The van der Waals surface area contributed by atoms with Gasteiger partial charge in [0, 0.05) is 11.1 Å². The van der Waals surface area contributed by atoms with E-state index in [1.54, 1.807) is 0 Å². The minimum absolute atomic E-state index is 0.473. The molecule has 1 fully saturated rings. The van der Waals surface area contributed by atoms with Gasteiger partial charge < -0.3 is 9.47 Å². The number of carbonyl (C=O) groups is 1. The Labute approximate surface area is 150 Å². The van der Waals surface area contributed by atoms with Gasteiger partial charge in [-0.3, -0.25) is 0 Å². The molecular weight excluding hydrogens is 324 g/mol. The van der Waals surface area contributed by atoms with E-state index in [1.165, 1.54) is 0 Å². The average Bonchev–Trinajstić information content (AvgIpc) is 3.08. The Hall–Kier alpha value is -3.33. The highest BCUT2D eigenvalue weighted by atomic mass is 16.8. The van der Waals surface area contributed by atoms with Crippen molar-refractivity contribution in [3.8, 4) is 0 Å². The van der Waals surface area contributed by atoms with Crippen LogP contribution in [-0.2, 0) is 9.47 Å². The van der Waals surface area contributed by atoms with E-state index in [-0.39, 0.29) is 0 Å². The summed E-state index contributed by atoms with van der Waals surface area (Å²) in [6.07, 6.45) is -1.57. The molecule has 0 amide bonds. The first-order valence-corrected chi connectivity index (χ1v) is 8.64. The Bertz CT molecular complexity index is 1030. The van der Waals surface area contributed by atoms with Gasteiger partial charge in [-0.1, -0.05) is 84.9 Å². The van der Waals surface area contributed by atoms with Crippen LogP contribution in [0.15, 0.2) is 84.9 Å². The summed E-state index contributed by atoms with van der Waals surface area (Å²) in [6, 6.07) is 28.3. The van der Waals surface area contributed by atoms with Crippen molar-refractivity contribution < 1.29 is 14.3 Å². The van der Waals surface area contributed by atoms with E-state index in [0.29, 0.717) is 0 Å². The van der Waals surface area contributed by atoms with Crippen molar-refractivity contribution in [1.29, 1.82) is 0 Å². The van der Waals surface area contributed by atoms with Crippen molar-refractivity contribution in [2.24, 2.45) is 0 Å². The summed E-state index contributed by atoms with van der Waals surface area (Å²) < 4.78 is 11.2. The normalized spacial score (nSPS) is 19.5. The molecule has 0 bridgehead atoms. The highest BCUT2D eigenvalue weighted by Gasteiger charge is 2.40. The number of fused-ring (bicyclic) bond motifs is 2. The minimum Gasteiger partial charge on any atom is -0.422 e. The summed E-state index contributed by atoms with van der Waals surface area (Å²) in [4.78, 5) is 12.0. The number of hydrogen-bond donors (Lipinski definition) is 0. The van der Waals surface area contributed by atoms with Crippen molar-refractivity contribution in [2.45, 2.75) is 12.2 Å². The van der Waals surface area contributed by atoms with E-state index in [2.05, 4.69) is 36.4 Å². The molecule has 0 radical (unpaired) electrons. The monoisotopic (exact) mass is 340 g/mol. The molecule has 0 aliphatic carbocycles. The van der Waals surface area contributed by atoms with Crippen molar-refractivity contribution in [3.63, 3.8) is 0 Å². The van der Waals surface area contributed by atoms with Crippen LogP contribution in [0.4, 0.5) is 4.79 Å². The maximum Gasteiger partial charge on any atom is 0.509 e. The molecule has 1 heterocycles. The fourth-order valence-electron chi connectivity index (χ4n) is 3.81. The van der Waals surface area contributed by atoms with Gasteiger partial charge in [0.05, 0.1) is 0 Å². The predicted molar refractivity (Wildman–Crippen MR) is 101 cm³/mol. The average molecular weight is 340 g/mol. The van der Waals surface area contributed by atoms with Crippen LogP contribution in [-0.4, -0.2) is 6.16 Å². The smallest absolute Gasteiger partial charge is 0.422 e. The molecule has 0 aromatic heterocycles. The topological polar surface area (TPSA) is 35.5 Å². The van der Waals surface area contributed by atoms with Crippen LogP contribution in [0.1, 0.15) is 23.3 Å². The highest BCUT2D eigenvalue weighted by molar-refractivity contribution is 5.88. The van der Waals surface area contributed by atoms with Gasteiger partial charge in [0.25, 0.3) is 0 Å². The molecule has 4 aromatic rings. The summed E-state index contributed by atoms with van der Waals surface area (Å²) in [6.45, 7) is 0. The standard InChI is InChI=1S/C23H16O3/c24-23-25-21(19-13-5-9-15-7-1-3-11-17(15)19)22(26-23)20-14-6-10-16-8-2-4-12-18(16)20/h1-14,21-22H. The molecule has 2 atom stereocenters. The molecule has 1 saturated heterocycles. The molecule has 3 nitrogen and oxygen atoms in total. The molecule has 5 rings (SSSR count).